The Morgan fingerprint density at radius 2 is 2.36 bits per heavy atom. The number of aromatic amines is 1. The van der Waals surface area contributed by atoms with Gasteiger partial charge in [-0.1, -0.05) is 6.92 Å². The molecule has 0 unspecified atom stereocenters. The Labute approximate surface area is 133 Å². The fraction of sp³-hybridized carbons (Fsp3) is 0.400. The summed E-state index contributed by atoms with van der Waals surface area (Å²) in [5, 5.41) is 13.9. The van der Waals surface area contributed by atoms with E-state index in [1.54, 1.807) is 18.0 Å². The Bertz CT molecular complexity index is 640. The van der Waals surface area contributed by atoms with Crippen LogP contribution < -0.4 is 10.6 Å². The molecule has 2 amide bonds. The molecule has 0 saturated carbocycles. The Balaban J connectivity index is 1.52. The van der Waals surface area contributed by atoms with E-state index in [0.717, 1.165) is 30.0 Å². The molecule has 0 fully saturated rings. The lowest BCUT2D eigenvalue weighted by atomic mass is 9.94. The first-order chi connectivity index (χ1) is 10.7. The number of amides is 2. The molecule has 1 atom stereocenters. The van der Waals surface area contributed by atoms with Crippen molar-refractivity contribution < 1.29 is 4.79 Å². The molecule has 22 heavy (non-hydrogen) atoms. The van der Waals surface area contributed by atoms with E-state index in [4.69, 9.17) is 0 Å². The van der Waals surface area contributed by atoms with Crippen LogP contribution in [-0.2, 0) is 12.8 Å². The average Bonchev–Trinajstić information content (AvgIpc) is 2.97. The van der Waals surface area contributed by atoms with E-state index in [1.165, 1.54) is 11.3 Å². The van der Waals surface area contributed by atoms with E-state index >= 15 is 0 Å². The maximum atomic E-state index is 12.1. The first-order valence-corrected chi connectivity index (χ1v) is 8.40. The second kappa shape index (κ2) is 6.83. The number of carbonyl (C=O) groups is 1. The highest BCUT2D eigenvalue weighted by Gasteiger charge is 2.21. The minimum absolute atomic E-state index is 0.146. The summed E-state index contributed by atoms with van der Waals surface area (Å²) in [4.78, 5) is 16.4. The van der Waals surface area contributed by atoms with Crippen LogP contribution in [-0.4, -0.2) is 33.0 Å². The quantitative estimate of drug-likeness (QED) is 0.757. The SMILES string of the molecule is CCSc1ccc(NC(=O)N[C@H]2CCc3[nH]ncc3C2)cn1. The fourth-order valence-electron chi connectivity index (χ4n) is 2.58. The van der Waals surface area contributed by atoms with Gasteiger partial charge in [-0.15, -0.1) is 11.8 Å². The normalized spacial score (nSPS) is 16.9. The van der Waals surface area contributed by atoms with Crippen molar-refractivity contribution in [1.29, 1.82) is 0 Å². The van der Waals surface area contributed by atoms with Gasteiger partial charge in [0.25, 0.3) is 0 Å². The highest BCUT2D eigenvalue weighted by molar-refractivity contribution is 7.99. The molecule has 3 rings (SSSR count). The maximum Gasteiger partial charge on any atom is 0.319 e. The van der Waals surface area contributed by atoms with Gasteiger partial charge in [-0.25, -0.2) is 9.78 Å². The van der Waals surface area contributed by atoms with Gasteiger partial charge in [0.15, 0.2) is 0 Å². The Kier molecular flexibility index (Phi) is 4.62. The highest BCUT2D eigenvalue weighted by atomic mass is 32.2. The molecule has 0 bridgehead atoms. The van der Waals surface area contributed by atoms with Crippen molar-refractivity contribution >= 4 is 23.5 Å². The van der Waals surface area contributed by atoms with Crippen molar-refractivity contribution in [3.05, 3.63) is 35.8 Å². The van der Waals surface area contributed by atoms with E-state index in [-0.39, 0.29) is 12.1 Å². The van der Waals surface area contributed by atoms with E-state index < -0.39 is 0 Å². The zero-order chi connectivity index (χ0) is 15.4. The third-order valence-electron chi connectivity index (χ3n) is 3.64. The Morgan fingerprint density at radius 3 is 3.14 bits per heavy atom. The number of fused-ring (bicyclic) bond motifs is 1. The van der Waals surface area contributed by atoms with Crippen molar-refractivity contribution in [3.63, 3.8) is 0 Å². The van der Waals surface area contributed by atoms with Crippen LogP contribution in [0.3, 0.4) is 0 Å². The van der Waals surface area contributed by atoms with Gasteiger partial charge in [-0.05, 0) is 42.7 Å². The second-order valence-corrected chi connectivity index (χ2v) is 6.51. The Morgan fingerprint density at radius 1 is 1.45 bits per heavy atom. The number of nitrogens with zero attached hydrogens (tertiary/aromatic N) is 2. The number of thioether (sulfide) groups is 1. The van der Waals surface area contributed by atoms with E-state index in [2.05, 4.69) is 32.7 Å². The lowest BCUT2D eigenvalue weighted by Crippen LogP contribution is -2.41. The summed E-state index contributed by atoms with van der Waals surface area (Å²) in [6.45, 7) is 2.08. The van der Waals surface area contributed by atoms with Gasteiger partial charge in [-0.2, -0.15) is 5.10 Å². The zero-order valence-corrected chi connectivity index (χ0v) is 13.2. The lowest BCUT2D eigenvalue weighted by Gasteiger charge is -2.22. The van der Waals surface area contributed by atoms with Crippen molar-refractivity contribution in [2.24, 2.45) is 0 Å². The van der Waals surface area contributed by atoms with Gasteiger partial charge in [0.05, 0.1) is 23.1 Å². The summed E-state index contributed by atoms with van der Waals surface area (Å²) in [7, 11) is 0. The van der Waals surface area contributed by atoms with E-state index in [1.807, 2.05) is 18.3 Å². The first-order valence-electron chi connectivity index (χ1n) is 7.42. The molecule has 3 N–H and O–H groups in total. The molecule has 116 valence electrons. The summed E-state index contributed by atoms with van der Waals surface area (Å²) in [6.07, 6.45) is 6.20. The van der Waals surface area contributed by atoms with Crippen LogP contribution in [0.1, 0.15) is 24.6 Å². The first kappa shape index (κ1) is 14.9. The number of pyridine rings is 1. The molecule has 0 aliphatic heterocycles. The molecule has 2 aromatic heterocycles. The Hall–Kier alpha value is -2.02. The number of H-pyrrole nitrogens is 1. The number of hydrogen-bond donors (Lipinski definition) is 3. The van der Waals surface area contributed by atoms with Gasteiger partial charge < -0.3 is 10.6 Å². The van der Waals surface area contributed by atoms with Gasteiger partial charge in [-0.3, -0.25) is 5.10 Å². The minimum Gasteiger partial charge on any atom is -0.335 e. The topological polar surface area (TPSA) is 82.7 Å². The monoisotopic (exact) mass is 317 g/mol. The van der Waals surface area contributed by atoms with Crippen LogP contribution in [0, 0.1) is 0 Å². The van der Waals surface area contributed by atoms with Crippen LogP contribution in [0.25, 0.3) is 0 Å². The molecular formula is C15H19N5OS. The molecule has 0 saturated heterocycles. The number of rotatable bonds is 4. The number of nitrogens with one attached hydrogen (secondary N) is 3. The van der Waals surface area contributed by atoms with Crippen molar-refractivity contribution in [2.45, 2.75) is 37.3 Å². The maximum absolute atomic E-state index is 12.1. The minimum atomic E-state index is -0.186. The molecule has 2 aromatic rings. The highest BCUT2D eigenvalue weighted by Crippen LogP contribution is 2.19. The number of anilines is 1. The van der Waals surface area contributed by atoms with Gasteiger partial charge >= 0.3 is 6.03 Å². The molecule has 6 nitrogen and oxygen atoms in total. The second-order valence-electron chi connectivity index (χ2n) is 5.23. The molecular weight excluding hydrogens is 298 g/mol. The third-order valence-corrected chi connectivity index (χ3v) is 4.46. The van der Waals surface area contributed by atoms with Crippen LogP contribution >= 0.6 is 11.8 Å². The van der Waals surface area contributed by atoms with Crippen LogP contribution in [0.15, 0.2) is 29.6 Å². The number of carbonyl (C=O) groups excluding carboxylic acids is 1. The van der Waals surface area contributed by atoms with E-state index in [0.29, 0.717) is 5.69 Å². The van der Waals surface area contributed by atoms with Crippen LogP contribution in [0.5, 0.6) is 0 Å². The molecule has 2 heterocycles. The smallest absolute Gasteiger partial charge is 0.319 e. The van der Waals surface area contributed by atoms with Gasteiger partial charge in [0.1, 0.15) is 0 Å². The van der Waals surface area contributed by atoms with Crippen molar-refractivity contribution in [3.8, 4) is 0 Å². The van der Waals surface area contributed by atoms with Gasteiger partial charge in [0.2, 0.25) is 0 Å². The molecule has 0 spiro atoms. The van der Waals surface area contributed by atoms with Crippen molar-refractivity contribution in [2.75, 3.05) is 11.1 Å². The number of aryl methyl sites for hydroxylation is 1. The largest absolute Gasteiger partial charge is 0.335 e. The molecule has 7 heteroatoms. The molecule has 0 radical (unpaired) electrons. The average molecular weight is 317 g/mol. The zero-order valence-electron chi connectivity index (χ0n) is 12.4. The van der Waals surface area contributed by atoms with Gasteiger partial charge in [0, 0.05) is 11.7 Å². The lowest BCUT2D eigenvalue weighted by molar-refractivity contribution is 0.247. The van der Waals surface area contributed by atoms with Crippen molar-refractivity contribution in [1.82, 2.24) is 20.5 Å². The number of aromatic nitrogens is 3. The summed E-state index contributed by atoms with van der Waals surface area (Å²) in [5.41, 5.74) is 3.09. The third kappa shape index (κ3) is 3.59. The predicted molar refractivity (Wildman–Crippen MR) is 87.2 cm³/mol. The number of hydrogen-bond acceptors (Lipinski definition) is 4. The molecule has 1 aliphatic carbocycles. The summed E-state index contributed by atoms with van der Waals surface area (Å²) >= 11 is 1.68. The summed E-state index contributed by atoms with van der Waals surface area (Å²) in [5.74, 6) is 0.984. The van der Waals surface area contributed by atoms with Crippen LogP contribution in [0.4, 0.5) is 10.5 Å². The summed E-state index contributed by atoms with van der Waals surface area (Å²) < 4.78 is 0. The standard InChI is InChI=1S/C15H19N5OS/c1-2-22-14-6-4-12(9-16-14)19-15(21)18-11-3-5-13-10(7-11)8-17-20-13/h4,6,8-9,11H,2-3,5,7H2,1H3,(H,17,20)(H2,18,19,21)/t11-/m0/s1. The van der Waals surface area contributed by atoms with E-state index in [9.17, 15) is 4.79 Å². The predicted octanol–water partition coefficient (Wildman–Crippen LogP) is 2.60. The molecule has 0 aromatic carbocycles. The summed E-state index contributed by atoms with van der Waals surface area (Å²) in [6, 6.07) is 3.75. The molecule has 1 aliphatic rings. The number of urea groups is 1. The fourth-order valence-corrected chi connectivity index (χ4v) is 3.17. The van der Waals surface area contributed by atoms with Crippen LogP contribution in [0.2, 0.25) is 0 Å².